The van der Waals surface area contributed by atoms with Gasteiger partial charge in [-0.05, 0) is 42.7 Å². The van der Waals surface area contributed by atoms with Crippen molar-refractivity contribution in [1.29, 1.82) is 0 Å². The smallest absolute Gasteiger partial charge is 0.242 e. The Labute approximate surface area is 125 Å². The van der Waals surface area contributed by atoms with Crippen molar-refractivity contribution in [3.8, 4) is 11.6 Å². The number of hydrogen-bond donors (Lipinski definition) is 1. The van der Waals surface area contributed by atoms with E-state index in [1.165, 1.54) is 11.2 Å². The maximum atomic E-state index is 5.38. The molecule has 0 aliphatic carbocycles. The number of thioether (sulfide) groups is 1. The van der Waals surface area contributed by atoms with Gasteiger partial charge in [0.25, 0.3) is 0 Å². The molecule has 0 amide bonds. The van der Waals surface area contributed by atoms with Crippen LogP contribution in [0.4, 0.5) is 0 Å². The SMILES string of the molecule is COc1ncnc2c1[nH]c(=S)n2-c1ccc(SC)cc1. The average Bonchev–Trinajstić information content (AvgIpc) is 2.83. The molecule has 0 saturated heterocycles. The summed E-state index contributed by atoms with van der Waals surface area (Å²) in [5, 5.41) is 0. The topological polar surface area (TPSA) is 55.7 Å². The van der Waals surface area contributed by atoms with Crippen molar-refractivity contribution < 1.29 is 4.74 Å². The number of benzene rings is 1. The van der Waals surface area contributed by atoms with Crippen molar-refractivity contribution in [3.05, 3.63) is 35.4 Å². The molecule has 20 heavy (non-hydrogen) atoms. The van der Waals surface area contributed by atoms with Gasteiger partial charge >= 0.3 is 0 Å². The quantitative estimate of drug-likeness (QED) is 0.595. The number of imidazole rings is 1. The lowest BCUT2D eigenvalue weighted by atomic mass is 10.3. The third kappa shape index (κ3) is 2.08. The van der Waals surface area contributed by atoms with Crippen LogP contribution in [-0.4, -0.2) is 32.9 Å². The fraction of sp³-hybridized carbons (Fsp3) is 0.154. The molecule has 1 N–H and O–H groups in total. The molecule has 0 saturated carbocycles. The van der Waals surface area contributed by atoms with Crippen LogP contribution in [0.2, 0.25) is 0 Å². The summed E-state index contributed by atoms with van der Waals surface area (Å²) >= 11 is 7.08. The first-order chi connectivity index (χ1) is 9.74. The van der Waals surface area contributed by atoms with Crippen molar-refractivity contribution in [1.82, 2.24) is 19.5 Å². The van der Waals surface area contributed by atoms with E-state index in [-0.39, 0.29) is 0 Å². The van der Waals surface area contributed by atoms with E-state index in [0.29, 0.717) is 21.8 Å². The van der Waals surface area contributed by atoms with Gasteiger partial charge in [-0.15, -0.1) is 11.8 Å². The van der Waals surface area contributed by atoms with Crippen molar-refractivity contribution in [2.45, 2.75) is 4.90 Å². The summed E-state index contributed by atoms with van der Waals surface area (Å²) in [5.74, 6) is 0.487. The van der Waals surface area contributed by atoms with Crippen LogP contribution in [0.5, 0.6) is 5.88 Å². The average molecular weight is 304 g/mol. The minimum absolute atomic E-state index is 0.487. The predicted octanol–water partition coefficient (Wildman–Crippen LogP) is 3.21. The molecule has 1 aromatic carbocycles. The van der Waals surface area contributed by atoms with Gasteiger partial charge in [0.15, 0.2) is 10.4 Å². The number of ether oxygens (including phenoxy) is 1. The number of rotatable bonds is 3. The lowest BCUT2D eigenvalue weighted by Gasteiger charge is -2.05. The summed E-state index contributed by atoms with van der Waals surface area (Å²) < 4.78 is 7.66. The Kier molecular flexibility index (Phi) is 3.45. The van der Waals surface area contributed by atoms with Crippen LogP contribution in [-0.2, 0) is 0 Å². The summed E-state index contributed by atoms with van der Waals surface area (Å²) in [6, 6.07) is 8.14. The summed E-state index contributed by atoms with van der Waals surface area (Å²) in [7, 11) is 1.57. The van der Waals surface area contributed by atoms with E-state index in [2.05, 4.69) is 27.1 Å². The van der Waals surface area contributed by atoms with Crippen molar-refractivity contribution in [2.24, 2.45) is 0 Å². The van der Waals surface area contributed by atoms with Crippen LogP contribution in [0.3, 0.4) is 0 Å². The Hall–Kier alpha value is -1.86. The maximum Gasteiger partial charge on any atom is 0.242 e. The van der Waals surface area contributed by atoms with Crippen LogP contribution in [0.1, 0.15) is 0 Å². The summed E-state index contributed by atoms with van der Waals surface area (Å²) in [6.45, 7) is 0. The largest absolute Gasteiger partial charge is 0.479 e. The van der Waals surface area contributed by atoms with E-state index in [9.17, 15) is 0 Å². The van der Waals surface area contributed by atoms with Crippen molar-refractivity contribution in [3.63, 3.8) is 0 Å². The van der Waals surface area contributed by atoms with Gasteiger partial charge < -0.3 is 9.72 Å². The van der Waals surface area contributed by atoms with Gasteiger partial charge in [-0.1, -0.05) is 0 Å². The van der Waals surface area contributed by atoms with E-state index in [1.54, 1.807) is 18.9 Å². The number of aromatic amines is 1. The van der Waals surface area contributed by atoms with E-state index in [4.69, 9.17) is 17.0 Å². The maximum absolute atomic E-state index is 5.38. The summed E-state index contributed by atoms with van der Waals surface area (Å²) in [4.78, 5) is 12.7. The number of nitrogens with zero attached hydrogens (tertiary/aromatic N) is 3. The molecule has 7 heteroatoms. The van der Waals surface area contributed by atoms with E-state index < -0.39 is 0 Å². The molecule has 0 aliphatic rings. The van der Waals surface area contributed by atoms with E-state index in [0.717, 1.165) is 5.69 Å². The molecule has 2 aromatic heterocycles. The first kappa shape index (κ1) is 13.1. The van der Waals surface area contributed by atoms with Gasteiger partial charge in [0.2, 0.25) is 5.88 Å². The van der Waals surface area contributed by atoms with Crippen molar-refractivity contribution in [2.75, 3.05) is 13.4 Å². The molecule has 0 fully saturated rings. The van der Waals surface area contributed by atoms with E-state index in [1.807, 2.05) is 23.0 Å². The van der Waals surface area contributed by atoms with E-state index >= 15 is 0 Å². The van der Waals surface area contributed by atoms with Crippen LogP contribution >= 0.6 is 24.0 Å². The number of H-pyrrole nitrogens is 1. The number of hydrogen-bond acceptors (Lipinski definition) is 5. The fourth-order valence-electron chi connectivity index (χ4n) is 2.02. The molecule has 0 bridgehead atoms. The van der Waals surface area contributed by atoms with Crippen LogP contribution in [0, 0.1) is 4.77 Å². The second kappa shape index (κ2) is 5.26. The molecule has 0 aliphatic heterocycles. The minimum atomic E-state index is 0.487. The number of aromatic nitrogens is 4. The Morgan fingerprint density at radius 2 is 2.00 bits per heavy atom. The molecule has 5 nitrogen and oxygen atoms in total. The zero-order valence-corrected chi connectivity index (χ0v) is 12.6. The minimum Gasteiger partial charge on any atom is -0.479 e. The molecule has 0 spiro atoms. The zero-order valence-electron chi connectivity index (χ0n) is 11.0. The van der Waals surface area contributed by atoms with Crippen LogP contribution in [0.15, 0.2) is 35.5 Å². The Morgan fingerprint density at radius 1 is 1.25 bits per heavy atom. The highest BCUT2D eigenvalue weighted by Gasteiger charge is 2.12. The van der Waals surface area contributed by atoms with Gasteiger partial charge in [-0.25, -0.2) is 4.98 Å². The van der Waals surface area contributed by atoms with Crippen LogP contribution < -0.4 is 4.74 Å². The molecule has 2 heterocycles. The lowest BCUT2D eigenvalue weighted by molar-refractivity contribution is 0.401. The fourth-order valence-corrected chi connectivity index (χ4v) is 2.73. The highest BCUT2D eigenvalue weighted by atomic mass is 32.2. The van der Waals surface area contributed by atoms with Gasteiger partial charge in [0.1, 0.15) is 11.8 Å². The highest BCUT2D eigenvalue weighted by Crippen LogP contribution is 2.24. The predicted molar refractivity (Wildman–Crippen MR) is 82.4 cm³/mol. The monoisotopic (exact) mass is 304 g/mol. The first-order valence-corrected chi connectivity index (χ1v) is 7.52. The molecule has 3 aromatic rings. The first-order valence-electron chi connectivity index (χ1n) is 5.88. The van der Waals surface area contributed by atoms with Crippen molar-refractivity contribution >= 4 is 35.1 Å². The Morgan fingerprint density at radius 3 is 2.65 bits per heavy atom. The molecular weight excluding hydrogens is 292 g/mol. The third-order valence-electron chi connectivity index (χ3n) is 2.96. The Bertz CT molecular complexity index is 807. The van der Waals surface area contributed by atoms with Gasteiger partial charge in [-0.2, -0.15) is 4.98 Å². The van der Waals surface area contributed by atoms with Gasteiger partial charge in [0.05, 0.1) is 7.11 Å². The highest BCUT2D eigenvalue weighted by molar-refractivity contribution is 7.98. The third-order valence-corrected chi connectivity index (χ3v) is 3.99. The molecular formula is C13H12N4OS2. The number of methoxy groups -OCH3 is 1. The molecule has 0 atom stereocenters. The normalized spacial score (nSPS) is 10.9. The van der Waals surface area contributed by atoms with Gasteiger partial charge in [0, 0.05) is 10.6 Å². The zero-order chi connectivity index (χ0) is 14.1. The Balaban J connectivity index is 2.25. The molecule has 3 rings (SSSR count). The second-order valence-corrected chi connectivity index (χ2v) is 5.31. The standard InChI is InChI=1S/C13H12N4OS2/c1-18-12-10-11(14-7-15-12)17(13(19)16-10)8-3-5-9(20-2)6-4-8/h3-7H,1-2H3,(H,16,19). The lowest BCUT2D eigenvalue weighted by Crippen LogP contribution is -1.96. The summed E-state index contributed by atoms with van der Waals surface area (Å²) in [6.07, 6.45) is 3.51. The number of nitrogens with one attached hydrogen (secondary N) is 1. The molecule has 102 valence electrons. The number of fused-ring (bicyclic) bond motifs is 1. The second-order valence-electron chi connectivity index (χ2n) is 4.05. The molecule has 0 radical (unpaired) electrons. The summed E-state index contributed by atoms with van der Waals surface area (Å²) in [5.41, 5.74) is 2.37. The van der Waals surface area contributed by atoms with Gasteiger partial charge in [-0.3, -0.25) is 4.57 Å². The molecule has 0 unspecified atom stereocenters. The van der Waals surface area contributed by atoms with Crippen LogP contribution in [0.25, 0.3) is 16.9 Å².